The molecule has 0 spiro atoms. The lowest BCUT2D eigenvalue weighted by molar-refractivity contribution is 0.0943. The molecule has 1 saturated carbocycles. The Morgan fingerprint density at radius 3 is 2.68 bits per heavy atom. The van der Waals surface area contributed by atoms with E-state index in [2.05, 4.69) is 10.7 Å². The third kappa shape index (κ3) is 3.70. The molecule has 104 valence electrons. The van der Waals surface area contributed by atoms with Gasteiger partial charge in [0.05, 0.1) is 0 Å². The lowest BCUT2D eigenvalue weighted by atomic mass is 9.89. The smallest absolute Gasteiger partial charge is 0.251 e. The lowest BCUT2D eigenvalue weighted by Crippen LogP contribution is -2.30. The van der Waals surface area contributed by atoms with Crippen LogP contribution in [0, 0.1) is 12.8 Å². The minimum atomic E-state index is 0.0200. The number of hydrazine groups is 1. The summed E-state index contributed by atoms with van der Waals surface area (Å²) in [5.74, 6) is 6.03. The van der Waals surface area contributed by atoms with E-state index in [1.54, 1.807) is 0 Å². The van der Waals surface area contributed by atoms with Gasteiger partial charge in [0.2, 0.25) is 0 Å². The van der Waals surface area contributed by atoms with Crippen LogP contribution in [0.25, 0.3) is 0 Å². The van der Waals surface area contributed by atoms with Crippen LogP contribution in [-0.4, -0.2) is 12.5 Å². The standard InChI is InChI=1S/C15H23N3O/c1-11-9-13(18-16)7-8-14(11)15(19)17-10-12-5-3-2-4-6-12/h7-9,12,18H,2-6,10,16H2,1H3,(H,17,19). The number of nitrogen functional groups attached to an aromatic ring is 1. The number of hydrogen-bond acceptors (Lipinski definition) is 3. The normalized spacial score (nSPS) is 16.1. The van der Waals surface area contributed by atoms with Gasteiger partial charge in [-0.15, -0.1) is 0 Å². The zero-order valence-electron chi connectivity index (χ0n) is 11.5. The first kappa shape index (κ1) is 13.9. The number of carbonyl (C=O) groups is 1. The molecule has 0 saturated heterocycles. The van der Waals surface area contributed by atoms with Crippen LogP contribution in [0.2, 0.25) is 0 Å². The number of nitrogens with two attached hydrogens (primary N) is 1. The molecule has 1 fully saturated rings. The Morgan fingerprint density at radius 2 is 2.05 bits per heavy atom. The first-order valence-corrected chi connectivity index (χ1v) is 7.06. The van der Waals surface area contributed by atoms with Crippen LogP contribution in [0.1, 0.15) is 48.0 Å². The summed E-state index contributed by atoms with van der Waals surface area (Å²) in [6.45, 7) is 2.73. The second-order valence-electron chi connectivity index (χ2n) is 5.39. The minimum absolute atomic E-state index is 0.0200. The fraction of sp³-hybridized carbons (Fsp3) is 0.533. The molecule has 0 bridgehead atoms. The van der Waals surface area contributed by atoms with Crippen LogP contribution in [0.4, 0.5) is 5.69 Å². The van der Waals surface area contributed by atoms with Gasteiger partial charge in [-0.3, -0.25) is 10.6 Å². The van der Waals surface area contributed by atoms with Gasteiger partial charge < -0.3 is 10.7 Å². The molecule has 0 heterocycles. The van der Waals surface area contributed by atoms with Gasteiger partial charge in [-0.1, -0.05) is 19.3 Å². The highest BCUT2D eigenvalue weighted by molar-refractivity contribution is 5.96. The third-order valence-corrected chi connectivity index (χ3v) is 3.91. The van der Waals surface area contributed by atoms with Crippen molar-refractivity contribution in [3.8, 4) is 0 Å². The van der Waals surface area contributed by atoms with Crippen molar-refractivity contribution >= 4 is 11.6 Å². The van der Waals surface area contributed by atoms with Gasteiger partial charge in [0.1, 0.15) is 0 Å². The molecule has 4 heteroatoms. The van der Waals surface area contributed by atoms with Gasteiger partial charge in [-0.05, 0) is 49.4 Å². The molecule has 0 radical (unpaired) electrons. The van der Waals surface area contributed by atoms with Crippen LogP contribution in [0.3, 0.4) is 0 Å². The van der Waals surface area contributed by atoms with Crippen molar-refractivity contribution in [2.75, 3.05) is 12.0 Å². The van der Waals surface area contributed by atoms with Gasteiger partial charge in [-0.2, -0.15) is 0 Å². The molecule has 1 aliphatic rings. The van der Waals surface area contributed by atoms with E-state index in [1.165, 1.54) is 32.1 Å². The summed E-state index contributed by atoms with van der Waals surface area (Å²) >= 11 is 0. The van der Waals surface area contributed by atoms with Gasteiger partial charge in [-0.25, -0.2) is 0 Å². The molecule has 1 aliphatic carbocycles. The van der Waals surface area contributed by atoms with Crippen LogP contribution in [-0.2, 0) is 0 Å². The lowest BCUT2D eigenvalue weighted by Gasteiger charge is -2.22. The molecule has 2 rings (SSSR count). The molecule has 1 aromatic carbocycles. The Morgan fingerprint density at radius 1 is 1.32 bits per heavy atom. The maximum absolute atomic E-state index is 12.1. The molecule has 0 aromatic heterocycles. The average Bonchev–Trinajstić information content (AvgIpc) is 2.45. The molecular formula is C15H23N3O. The summed E-state index contributed by atoms with van der Waals surface area (Å²) < 4.78 is 0. The largest absolute Gasteiger partial charge is 0.352 e. The van der Waals surface area contributed by atoms with Gasteiger partial charge in [0, 0.05) is 17.8 Å². The van der Waals surface area contributed by atoms with E-state index in [0.717, 1.165) is 23.4 Å². The van der Waals surface area contributed by atoms with Gasteiger partial charge in [0.15, 0.2) is 0 Å². The van der Waals surface area contributed by atoms with Crippen molar-refractivity contribution in [1.29, 1.82) is 0 Å². The number of hydrogen-bond donors (Lipinski definition) is 3. The predicted octanol–water partition coefficient (Wildman–Crippen LogP) is 2.59. The average molecular weight is 261 g/mol. The van der Waals surface area contributed by atoms with Crippen LogP contribution in [0.15, 0.2) is 18.2 Å². The van der Waals surface area contributed by atoms with Crippen LogP contribution >= 0.6 is 0 Å². The molecule has 4 nitrogen and oxygen atoms in total. The zero-order valence-corrected chi connectivity index (χ0v) is 11.5. The van der Waals surface area contributed by atoms with E-state index in [4.69, 9.17) is 5.84 Å². The Bertz CT molecular complexity index is 439. The fourth-order valence-electron chi connectivity index (χ4n) is 2.73. The van der Waals surface area contributed by atoms with E-state index >= 15 is 0 Å². The summed E-state index contributed by atoms with van der Waals surface area (Å²) in [5.41, 5.74) is 5.08. The van der Waals surface area contributed by atoms with Crippen LogP contribution in [0.5, 0.6) is 0 Å². The second-order valence-corrected chi connectivity index (χ2v) is 5.39. The highest BCUT2D eigenvalue weighted by Gasteiger charge is 2.15. The predicted molar refractivity (Wildman–Crippen MR) is 77.9 cm³/mol. The molecule has 0 unspecified atom stereocenters. The highest BCUT2D eigenvalue weighted by Crippen LogP contribution is 2.23. The fourth-order valence-corrected chi connectivity index (χ4v) is 2.73. The van der Waals surface area contributed by atoms with E-state index in [9.17, 15) is 4.79 Å². The van der Waals surface area contributed by atoms with Crippen molar-refractivity contribution in [3.05, 3.63) is 29.3 Å². The monoisotopic (exact) mass is 261 g/mol. The number of benzene rings is 1. The third-order valence-electron chi connectivity index (χ3n) is 3.91. The number of rotatable bonds is 4. The number of anilines is 1. The Kier molecular flexibility index (Phi) is 4.80. The molecule has 0 atom stereocenters. The number of amides is 1. The summed E-state index contributed by atoms with van der Waals surface area (Å²) in [7, 11) is 0. The summed E-state index contributed by atoms with van der Waals surface area (Å²) in [4.78, 5) is 12.1. The minimum Gasteiger partial charge on any atom is -0.352 e. The summed E-state index contributed by atoms with van der Waals surface area (Å²) in [6, 6.07) is 5.53. The van der Waals surface area contributed by atoms with Crippen molar-refractivity contribution < 1.29 is 4.79 Å². The van der Waals surface area contributed by atoms with Crippen LogP contribution < -0.4 is 16.6 Å². The van der Waals surface area contributed by atoms with E-state index in [-0.39, 0.29) is 5.91 Å². The molecule has 1 aromatic rings. The SMILES string of the molecule is Cc1cc(NN)ccc1C(=O)NCC1CCCCC1. The quantitative estimate of drug-likeness (QED) is 0.576. The second kappa shape index (κ2) is 6.57. The topological polar surface area (TPSA) is 67.1 Å². The molecular weight excluding hydrogens is 238 g/mol. The Hall–Kier alpha value is -1.55. The van der Waals surface area contributed by atoms with E-state index in [0.29, 0.717) is 5.92 Å². The summed E-state index contributed by atoms with van der Waals surface area (Å²) in [5, 5.41) is 3.06. The molecule has 1 amide bonds. The van der Waals surface area contributed by atoms with Crippen molar-refractivity contribution in [3.63, 3.8) is 0 Å². The van der Waals surface area contributed by atoms with E-state index < -0.39 is 0 Å². The number of aryl methyl sites for hydroxylation is 1. The highest BCUT2D eigenvalue weighted by atomic mass is 16.1. The Labute approximate surface area is 114 Å². The number of carbonyl (C=O) groups excluding carboxylic acids is 1. The van der Waals surface area contributed by atoms with Crippen molar-refractivity contribution in [2.24, 2.45) is 11.8 Å². The van der Waals surface area contributed by atoms with Crippen molar-refractivity contribution in [1.82, 2.24) is 5.32 Å². The van der Waals surface area contributed by atoms with E-state index in [1.807, 2.05) is 25.1 Å². The molecule has 0 aliphatic heterocycles. The van der Waals surface area contributed by atoms with Gasteiger partial charge >= 0.3 is 0 Å². The summed E-state index contributed by atoms with van der Waals surface area (Å²) in [6.07, 6.45) is 6.44. The first-order chi connectivity index (χ1) is 9.20. The molecule has 4 N–H and O–H groups in total. The zero-order chi connectivity index (χ0) is 13.7. The Balaban J connectivity index is 1.92. The van der Waals surface area contributed by atoms with Gasteiger partial charge in [0.25, 0.3) is 5.91 Å². The number of nitrogens with one attached hydrogen (secondary N) is 2. The van der Waals surface area contributed by atoms with Crippen molar-refractivity contribution in [2.45, 2.75) is 39.0 Å². The maximum Gasteiger partial charge on any atom is 0.251 e. The first-order valence-electron chi connectivity index (χ1n) is 7.06. The molecule has 19 heavy (non-hydrogen) atoms. The maximum atomic E-state index is 12.1.